The van der Waals surface area contributed by atoms with Crippen LogP contribution in [0.3, 0.4) is 0 Å². The maximum Gasteiger partial charge on any atom is 0.146 e. The first-order valence-electron chi connectivity index (χ1n) is 36.7. The summed E-state index contributed by atoms with van der Waals surface area (Å²) < 4.78 is 0. The summed E-state index contributed by atoms with van der Waals surface area (Å²) >= 11 is 0. The van der Waals surface area contributed by atoms with E-state index in [9.17, 15) is 0 Å². The largest absolute Gasteiger partial charge is 0.146 e. The number of hydrogen-bond donors (Lipinski definition) is 0. The van der Waals surface area contributed by atoms with Crippen LogP contribution in [-0.2, 0) is 0 Å². The van der Waals surface area contributed by atoms with Crippen molar-refractivity contribution in [1.29, 1.82) is 0 Å². The summed E-state index contributed by atoms with van der Waals surface area (Å²) in [4.78, 5) is 0. The third kappa shape index (κ3) is 12.1. The van der Waals surface area contributed by atoms with Gasteiger partial charge in [-0.05, 0) is 215 Å². The van der Waals surface area contributed by atoms with Crippen LogP contribution >= 0.6 is 0 Å². The minimum absolute atomic E-state index is 0.0272. The summed E-state index contributed by atoms with van der Waals surface area (Å²) in [6.07, 6.45) is 0. The summed E-state index contributed by atoms with van der Waals surface area (Å²) in [6, 6.07) is 49.3. The SMILES string of the molecule is Cc1cc2ccc(C#C[Si](C(C)C)(C(C)C)C(C)C)cc2cc1C1c2cc3cc(C#C[Si](C(C)C)(C(C)C)C(C)C)ccc3cc2C(C)C2c3cc4ccc(C#C[Si](C(C)C)(C(C)C)C(C)C)cc4cc3C1c1cc3cc(C#C[Si](C(C)C)(C(C)C)C(C)C)ccc3cc12. The van der Waals surface area contributed by atoms with Crippen LogP contribution in [-0.4, -0.2) is 32.3 Å². The summed E-state index contributed by atoms with van der Waals surface area (Å²) in [7, 11) is -7.98. The fourth-order valence-corrected chi connectivity index (χ4v) is 41.1. The van der Waals surface area contributed by atoms with Crippen molar-refractivity contribution in [2.75, 3.05) is 0 Å². The van der Waals surface area contributed by atoms with Crippen molar-refractivity contribution >= 4 is 75.4 Å². The van der Waals surface area contributed by atoms with Crippen LogP contribution in [0.15, 0.2) is 121 Å². The van der Waals surface area contributed by atoms with Crippen LogP contribution in [0.4, 0.5) is 0 Å². The lowest BCUT2D eigenvalue weighted by Gasteiger charge is -2.45. The number of rotatable bonds is 13. The topological polar surface area (TPSA) is 0 Å². The molecule has 4 heteroatoms. The second-order valence-corrected chi connectivity index (χ2v) is 55.5. The maximum atomic E-state index is 4.11. The Labute approximate surface area is 575 Å². The Balaban J connectivity index is 1.31. The normalized spacial score (nSPS) is 16.8. The molecule has 2 atom stereocenters. The van der Waals surface area contributed by atoms with Crippen molar-refractivity contribution in [3.05, 3.63) is 188 Å². The van der Waals surface area contributed by atoms with Crippen LogP contribution < -0.4 is 0 Å². The third-order valence-corrected chi connectivity index (χ3v) is 50.0. The molecule has 0 spiro atoms. The van der Waals surface area contributed by atoms with E-state index in [2.05, 4.69) is 347 Å². The van der Waals surface area contributed by atoms with E-state index in [0.29, 0.717) is 66.5 Å². The standard InChI is InChI=1S/C90H114Si4/c1-55(2)91(56(3)4,57(5)6)39-35-69-27-31-73-43-67(25)81(51-77(73)44-69)89-83-52-78-45-70(36-40-92(58(7)8,59(9)10)60(11)12)28-32-74(78)48-82(83)68(26)88-84-49-75-33-29-71(37-41-93(61(13)14,62(15)16)63(17)18)46-79(75)53-86(84)90(89)87-54-80-47-72(30-34-76(80)50-85(87)88)38-42-94(64(19)20,65(21)22)66(23)24/h27-34,43-66,68,88-90H,1-26H3. The van der Waals surface area contributed by atoms with E-state index >= 15 is 0 Å². The number of benzene rings is 8. The zero-order chi connectivity index (χ0) is 68.6. The van der Waals surface area contributed by atoms with Crippen molar-refractivity contribution in [3.8, 4) is 45.9 Å². The van der Waals surface area contributed by atoms with Crippen LogP contribution in [0.2, 0.25) is 66.5 Å². The predicted octanol–water partition coefficient (Wildman–Crippen LogP) is 26.4. The van der Waals surface area contributed by atoms with Crippen molar-refractivity contribution in [2.45, 2.75) is 270 Å². The van der Waals surface area contributed by atoms with E-state index in [1.165, 1.54) is 87.6 Å². The van der Waals surface area contributed by atoms with Gasteiger partial charge in [0.1, 0.15) is 32.3 Å². The van der Waals surface area contributed by atoms with Crippen molar-refractivity contribution in [1.82, 2.24) is 0 Å². The number of fused-ring (bicyclic) bond motifs is 4. The molecule has 2 bridgehead atoms. The Morgan fingerprint density at radius 3 is 0.702 bits per heavy atom. The quantitative estimate of drug-likeness (QED) is 0.0797. The van der Waals surface area contributed by atoms with Crippen LogP contribution in [0.1, 0.15) is 264 Å². The number of hydrogen-bond acceptors (Lipinski definition) is 0. The first kappa shape index (κ1) is 70.7. The zero-order valence-electron chi connectivity index (χ0n) is 62.8. The maximum absolute atomic E-state index is 4.11. The van der Waals surface area contributed by atoms with Gasteiger partial charge in [-0.1, -0.05) is 270 Å². The van der Waals surface area contributed by atoms with Gasteiger partial charge in [-0.2, -0.15) is 0 Å². The Morgan fingerprint density at radius 2 is 0.436 bits per heavy atom. The van der Waals surface area contributed by atoms with E-state index in [0.717, 1.165) is 22.3 Å². The van der Waals surface area contributed by atoms with E-state index in [-0.39, 0.29) is 23.7 Å². The van der Waals surface area contributed by atoms with Gasteiger partial charge < -0.3 is 0 Å². The highest BCUT2D eigenvalue weighted by molar-refractivity contribution is 6.92. The summed E-state index contributed by atoms with van der Waals surface area (Å²) in [6.45, 7) is 63.2. The zero-order valence-corrected chi connectivity index (χ0v) is 66.8. The van der Waals surface area contributed by atoms with Crippen LogP contribution in [0, 0.1) is 52.8 Å². The molecule has 0 radical (unpaired) electrons. The molecule has 3 aliphatic rings. The molecule has 0 amide bonds. The summed E-state index contributed by atoms with van der Waals surface area (Å²) in [5.41, 5.74) is 39.0. The Hall–Kier alpha value is -6.09. The van der Waals surface area contributed by atoms with Gasteiger partial charge in [-0.3, -0.25) is 0 Å². The minimum Gasteiger partial charge on any atom is -0.125 e. The Morgan fingerprint density at radius 1 is 0.234 bits per heavy atom. The van der Waals surface area contributed by atoms with Gasteiger partial charge in [0.2, 0.25) is 0 Å². The highest BCUT2D eigenvalue weighted by Gasteiger charge is 2.48. The molecule has 8 aromatic carbocycles. The van der Waals surface area contributed by atoms with E-state index in [1.807, 2.05) is 0 Å². The lowest BCUT2D eigenvalue weighted by Crippen LogP contribution is -2.43. The van der Waals surface area contributed by atoms with Crippen LogP contribution in [0.25, 0.3) is 43.1 Å². The summed E-state index contributed by atoms with van der Waals surface area (Å²) in [5, 5.41) is 10.2. The smallest absolute Gasteiger partial charge is 0.125 e. The third-order valence-electron chi connectivity index (χ3n) is 24.8. The second-order valence-electron chi connectivity index (χ2n) is 33.2. The fraction of sp³-hybridized carbons (Fsp3) is 0.467. The first-order chi connectivity index (χ1) is 44.3. The van der Waals surface area contributed by atoms with Crippen molar-refractivity contribution in [2.24, 2.45) is 0 Å². The predicted molar refractivity (Wildman–Crippen MR) is 426 cm³/mol. The van der Waals surface area contributed by atoms with E-state index < -0.39 is 32.3 Å². The molecule has 0 fully saturated rings. The molecule has 0 saturated carbocycles. The van der Waals surface area contributed by atoms with Crippen molar-refractivity contribution < 1.29 is 0 Å². The summed E-state index contributed by atoms with van der Waals surface area (Å²) in [5.74, 6) is 15.8. The second kappa shape index (κ2) is 27.1. The average molecular weight is 1310 g/mol. The van der Waals surface area contributed by atoms with Gasteiger partial charge in [0.05, 0.1) is 0 Å². The van der Waals surface area contributed by atoms with Gasteiger partial charge in [0.15, 0.2) is 0 Å². The number of aryl methyl sites for hydroxylation is 1. The molecule has 2 unspecified atom stereocenters. The first-order valence-corrected chi connectivity index (χ1v) is 45.6. The Kier molecular flexibility index (Phi) is 20.4. The lowest BCUT2D eigenvalue weighted by molar-refractivity contribution is 0.551. The average Bonchev–Trinajstić information content (AvgIpc) is 0.697. The van der Waals surface area contributed by atoms with Crippen molar-refractivity contribution in [3.63, 3.8) is 0 Å². The molecule has 3 aliphatic carbocycles. The highest BCUT2D eigenvalue weighted by atomic mass is 28.3. The van der Waals surface area contributed by atoms with Crippen LogP contribution in [0.5, 0.6) is 0 Å². The lowest BCUT2D eigenvalue weighted by atomic mass is 9.57. The van der Waals surface area contributed by atoms with Gasteiger partial charge in [0, 0.05) is 40.0 Å². The van der Waals surface area contributed by atoms with E-state index in [1.54, 1.807) is 0 Å². The monoisotopic (exact) mass is 1310 g/mol. The van der Waals surface area contributed by atoms with Gasteiger partial charge in [-0.15, -0.1) is 22.2 Å². The molecule has 94 heavy (non-hydrogen) atoms. The molecule has 8 aromatic rings. The van der Waals surface area contributed by atoms with E-state index in [4.69, 9.17) is 0 Å². The minimum atomic E-state index is -2.00. The Bertz CT molecular complexity index is 4240. The molecule has 0 N–H and O–H groups in total. The molecule has 0 nitrogen and oxygen atoms in total. The van der Waals surface area contributed by atoms with Gasteiger partial charge >= 0.3 is 0 Å². The molecular formula is C90H114Si4. The highest BCUT2D eigenvalue weighted by Crippen LogP contribution is 2.61. The molecule has 0 heterocycles. The molecular weight excluding hydrogens is 1190 g/mol. The van der Waals surface area contributed by atoms with Gasteiger partial charge in [-0.25, -0.2) is 0 Å². The molecule has 490 valence electrons. The fourth-order valence-electron chi connectivity index (χ4n) is 20.2. The molecule has 0 aliphatic heterocycles. The molecule has 0 saturated heterocycles. The molecule has 0 aromatic heterocycles. The molecule has 11 rings (SSSR count). The van der Waals surface area contributed by atoms with Gasteiger partial charge in [0.25, 0.3) is 0 Å².